The van der Waals surface area contributed by atoms with Crippen LogP contribution in [0.2, 0.25) is 0 Å². The Morgan fingerprint density at radius 1 is 1.50 bits per heavy atom. The van der Waals surface area contributed by atoms with Crippen LogP contribution in [0.1, 0.15) is 6.92 Å². The minimum Gasteiger partial charge on any atom is -0.381 e. The molecule has 0 atom stereocenters. The van der Waals surface area contributed by atoms with Gasteiger partial charge in [-0.1, -0.05) is 13.0 Å². The highest BCUT2D eigenvalue weighted by molar-refractivity contribution is 9.10. The van der Waals surface area contributed by atoms with Crippen LogP contribution in [-0.4, -0.2) is 18.1 Å². The van der Waals surface area contributed by atoms with Crippen LogP contribution < -0.4 is 5.32 Å². The molecule has 0 spiro atoms. The van der Waals surface area contributed by atoms with E-state index >= 15 is 0 Å². The molecule has 0 bridgehead atoms. The van der Waals surface area contributed by atoms with Crippen molar-refractivity contribution in [2.45, 2.75) is 6.92 Å². The minimum atomic E-state index is -0.208. The van der Waals surface area contributed by atoms with Crippen LogP contribution in [0.25, 0.3) is 0 Å². The number of anilines is 1. The largest absolute Gasteiger partial charge is 0.381 e. The van der Waals surface area contributed by atoms with Gasteiger partial charge < -0.3 is 5.32 Å². The molecule has 0 radical (unpaired) electrons. The Bertz CT molecular complexity index is 273. The number of hydrogen-bond acceptors (Lipinski definition) is 2. The van der Waals surface area contributed by atoms with Crippen molar-refractivity contribution in [2.75, 3.05) is 23.4 Å². The summed E-state index contributed by atoms with van der Waals surface area (Å²) in [6.07, 6.45) is 0. The second-order valence-corrected chi connectivity index (χ2v) is 4.97. The molecule has 1 rings (SSSR count). The van der Waals surface area contributed by atoms with Crippen LogP contribution in [0.4, 0.5) is 10.1 Å². The second-order valence-electron chi connectivity index (χ2n) is 2.72. The quantitative estimate of drug-likeness (QED) is 0.823. The highest BCUT2D eigenvalue weighted by Crippen LogP contribution is 2.24. The van der Waals surface area contributed by atoms with Gasteiger partial charge in [0.15, 0.2) is 0 Å². The summed E-state index contributed by atoms with van der Waals surface area (Å²) in [4.78, 5) is 0. The molecule has 0 aliphatic rings. The molecule has 0 heterocycles. The van der Waals surface area contributed by atoms with Crippen molar-refractivity contribution >= 4 is 33.4 Å². The van der Waals surface area contributed by atoms with Crippen molar-refractivity contribution in [2.24, 2.45) is 0 Å². The smallest absolute Gasteiger partial charge is 0.147 e. The van der Waals surface area contributed by atoms with Crippen LogP contribution in [0.15, 0.2) is 22.7 Å². The van der Waals surface area contributed by atoms with Gasteiger partial charge in [-0.25, -0.2) is 4.39 Å². The molecule has 14 heavy (non-hydrogen) atoms. The standard InChI is InChI=1S/C10H13BrFNS/c1-2-14-7-6-13-10-8(11)4-3-5-9(10)12/h3-5,13H,2,6-7H2,1H3. The van der Waals surface area contributed by atoms with Crippen molar-refractivity contribution in [3.8, 4) is 0 Å². The molecule has 1 N–H and O–H groups in total. The van der Waals surface area contributed by atoms with Gasteiger partial charge in [0.25, 0.3) is 0 Å². The molecular weight excluding hydrogens is 265 g/mol. The van der Waals surface area contributed by atoms with Crippen LogP contribution >= 0.6 is 27.7 Å². The number of nitrogens with one attached hydrogen (secondary N) is 1. The summed E-state index contributed by atoms with van der Waals surface area (Å²) in [5.74, 6) is 1.89. The topological polar surface area (TPSA) is 12.0 Å². The number of benzene rings is 1. The van der Waals surface area contributed by atoms with E-state index in [0.717, 1.165) is 22.5 Å². The summed E-state index contributed by atoms with van der Waals surface area (Å²) in [7, 11) is 0. The van der Waals surface area contributed by atoms with Gasteiger partial charge in [-0.3, -0.25) is 0 Å². The molecule has 1 aromatic carbocycles. The predicted octanol–water partition coefficient (Wildman–Crippen LogP) is 3.75. The Labute approximate surface area is 96.6 Å². The molecular formula is C10H13BrFNS. The average molecular weight is 278 g/mol. The Morgan fingerprint density at radius 3 is 2.93 bits per heavy atom. The Balaban J connectivity index is 2.49. The molecule has 0 saturated carbocycles. The van der Waals surface area contributed by atoms with E-state index < -0.39 is 0 Å². The zero-order valence-electron chi connectivity index (χ0n) is 8.02. The van der Waals surface area contributed by atoms with Gasteiger partial charge in [0, 0.05) is 16.8 Å². The van der Waals surface area contributed by atoms with Gasteiger partial charge in [0.05, 0.1) is 5.69 Å². The summed E-state index contributed by atoms with van der Waals surface area (Å²) in [6, 6.07) is 4.98. The lowest BCUT2D eigenvalue weighted by Gasteiger charge is -2.08. The summed E-state index contributed by atoms with van der Waals surface area (Å²) in [6.45, 7) is 2.90. The zero-order chi connectivity index (χ0) is 10.4. The van der Waals surface area contributed by atoms with Crippen LogP contribution in [-0.2, 0) is 0 Å². The summed E-state index contributed by atoms with van der Waals surface area (Å²) in [5.41, 5.74) is 0.559. The van der Waals surface area contributed by atoms with Crippen LogP contribution in [0, 0.1) is 5.82 Å². The average Bonchev–Trinajstić information content (AvgIpc) is 2.16. The van der Waals surface area contributed by atoms with E-state index in [0.29, 0.717) is 5.69 Å². The maximum Gasteiger partial charge on any atom is 0.147 e. The molecule has 0 fully saturated rings. The predicted molar refractivity (Wildman–Crippen MR) is 65.6 cm³/mol. The molecule has 1 aromatic rings. The van der Waals surface area contributed by atoms with Crippen molar-refractivity contribution in [1.82, 2.24) is 0 Å². The number of thioether (sulfide) groups is 1. The van der Waals surface area contributed by atoms with Crippen LogP contribution in [0.5, 0.6) is 0 Å². The molecule has 0 saturated heterocycles. The van der Waals surface area contributed by atoms with Crippen molar-refractivity contribution in [3.63, 3.8) is 0 Å². The molecule has 0 aliphatic heterocycles. The molecule has 0 aliphatic carbocycles. The maximum atomic E-state index is 13.3. The summed E-state index contributed by atoms with van der Waals surface area (Å²) in [5, 5.41) is 3.07. The lowest BCUT2D eigenvalue weighted by molar-refractivity contribution is 0.630. The van der Waals surface area contributed by atoms with Gasteiger partial charge in [-0.2, -0.15) is 11.8 Å². The van der Waals surface area contributed by atoms with E-state index in [1.165, 1.54) is 6.07 Å². The summed E-state index contributed by atoms with van der Waals surface area (Å²) >= 11 is 5.15. The first-order valence-corrected chi connectivity index (χ1v) is 6.46. The first-order chi connectivity index (χ1) is 6.75. The van der Waals surface area contributed by atoms with Crippen molar-refractivity contribution in [3.05, 3.63) is 28.5 Å². The lowest BCUT2D eigenvalue weighted by atomic mass is 10.3. The number of halogens is 2. The number of rotatable bonds is 5. The van der Waals surface area contributed by atoms with E-state index in [1.807, 2.05) is 17.8 Å². The fourth-order valence-electron chi connectivity index (χ4n) is 1.06. The van der Waals surface area contributed by atoms with Crippen molar-refractivity contribution < 1.29 is 4.39 Å². The third-order valence-corrected chi connectivity index (χ3v) is 3.28. The van der Waals surface area contributed by atoms with Gasteiger partial charge in [0.2, 0.25) is 0 Å². The monoisotopic (exact) mass is 277 g/mol. The Hall–Kier alpha value is -0.220. The van der Waals surface area contributed by atoms with Gasteiger partial charge in [-0.15, -0.1) is 0 Å². The Kier molecular flexibility index (Phi) is 5.33. The second kappa shape index (κ2) is 6.30. The van der Waals surface area contributed by atoms with E-state index in [9.17, 15) is 4.39 Å². The molecule has 0 amide bonds. The van der Waals surface area contributed by atoms with E-state index in [-0.39, 0.29) is 5.82 Å². The van der Waals surface area contributed by atoms with E-state index in [4.69, 9.17) is 0 Å². The van der Waals surface area contributed by atoms with E-state index in [1.54, 1.807) is 6.07 Å². The molecule has 78 valence electrons. The molecule has 0 unspecified atom stereocenters. The number of para-hydroxylation sites is 1. The van der Waals surface area contributed by atoms with Gasteiger partial charge in [0.1, 0.15) is 5.82 Å². The summed E-state index contributed by atoms with van der Waals surface area (Å²) < 4.78 is 14.0. The third-order valence-electron chi connectivity index (χ3n) is 1.72. The maximum absolute atomic E-state index is 13.3. The lowest BCUT2D eigenvalue weighted by Crippen LogP contribution is -2.06. The minimum absolute atomic E-state index is 0.208. The zero-order valence-corrected chi connectivity index (χ0v) is 10.4. The van der Waals surface area contributed by atoms with Gasteiger partial charge in [-0.05, 0) is 33.8 Å². The van der Waals surface area contributed by atoms with Crippen LogP contribution in [0.3, 0.4) is 0 Å². The normalized spacial score (nSPS) is 10.2. The third kappa shape index (κ3) is 3.50. The molecule has 4 heteroatoms. The first-order valence-electron chi connectivity index (χ1n) is 4.51. The first kappa shape index (κ1) is 11.9. The highest BCUT2D eigenvalue weighted by Gasteiger charge is 2.04. The molecule has 0 aromatic heterocycles. The van der Waals surface area contributed by atoms with Crippen molar-refractivity contribution in [1.29, 1.82) is 0 Å². The SMILES string of the molecule is CCSCCNc1c(F)cccc1Br. The molecule has 1 nitrogen and oxygen atoms in total. The fourth-order valence-corrected chi connectivity index (χ4v) is 2.08. The highest BCUT2D eigenvalue weighted by atomic mass is 79.9. The Morgan fingerprint density at radius 2 is 2.29 bits per heavy atom. The van der Waals surface area contributed by atoms with E-state index in [2.05, 4.69) is 28.2 Å². The fraction of sp³-hybridized carbons (Fsp3) is 0.400. The number of hydrogen-bond donors (Lipinski definition) is 1. The van der Waals surface area contributed by atoms with Gasteiger partial charge >= 0.3 is 0 Å².